The molecule has 3 amide bonds. The topological polar surface area (TPSA) is 225 Å². The van der Waals surface area contributed by atoms with E-state index in [1.807, 2.05) is 0 Å². The number of carbonyl (C=O) groups is 5. The molecule has 0 radical (unpaired) electrons. The van der Waals surface area contributed by atoms with E-state index in [2.05, 4.69) is 27.2 Å². The SMILES string of the molecule is C=Cc1cc(C(=O)Nc2ccc(C(N)=NC(=O)OC3COCOC3)cc2)c(-c2ccc(C(=O)NCC3CC3)nc2C(=O)OC(C)OC(=O)OC(C)C)cc1OC. The number of amides is 3. The zero-order valence-corrected chi connectivity index (χ0v) is 31.3. The van der Waals surface area contributed by atoms with Gasteiger partial charge in [0.15, 0.2) is 11.8 Å². The van der Waals surface area contributed by atoms with Gasteiger partial charge < -0.3 is 49.5 Å². The summed E-state index contributed by atoms with van der Waals surface area (Å²) in [6.45, 7) is 9.31. The lowest BCUT2D eigenvalue weighted by molar-refractivity contribution is -0.150. The van der Waals surface area contributed by atoms with Crippen molar-refractivity contribution in [1.82, 2.24) is 10.3 Å². The molecule has 4 N–H and O–H groups in total. The maximum absolute atomic E-state index is 14.0. The summed E-state index contributed by atoms with van der Waals surface area (Å²) in [5.41, 5.74) is 7.13. The van der Waals surface area contributed by atoms with E-state index in [9.17, 15) is 24.0 Å². The molecule has 296 valence electrons. The van der Waals surface area contributed by atoms with Crippen molar-refractivity contribution < 1.29 is 57.1 Å². The third-order valence-electron chi connectivity index (χ3n) is 8.25. The maximum Gasteiger partial charge on any atom is 0.511 e. The highest BCUT2D eigenvalue weighted by Crippen LogP contribution is 2.35. The highest BCUT2D eigenvalue weighted by Gasteiger charge is 2.28. The summed E-state index contributed by atoms with van der Waals surface area (Å²) in [6.07, 6.45) is -0.978. The first kappa shape index (κ1) is 40.8. The molecule has 0 spiro atoms. The Morgan fingerprint density at radius 3 is 2.32 bits per heavy atom. The van der Waals surface area contributed by atoms with Crippen molar-refractivity contribution in [2.75, 3.05) is 39.0 Å². The zero-order valence-electron chi connectivity index (χ0n) is 31.3. The van der Waals surface area contributed by atoms with Gasteiger partial charge in [-0.2, -0.15) is 4.99 Å². The largest absolute Gasteiger partial charge is 0.511 e. The Hall–Kier alpha value is -6.33. The fourth-order valence-electron chi connectivity index (χ4n) is 5.33. The lowest BCUT2D eigenvalue weighted by atomic mass is 9.94. The molecule has 0 bridgehead atoms. The molecule has 2 aliphatic rings. The summed E-state index contributed by atoms with van der Waals surface area (Å²) in [7, 11) is 1.43. The smallest absolute Gasteiger partial charge is 0.496 e. The second-order valence-electron chi connectivity index (χ2n) is 13.0. The minimum Gasteiger partial charge on any atom is -0.496 e. The summed E-state index contributed by atoms with van der Waals surface area (Å²) < 4.78 is 36.4. The van der Waals surface area contributed by atoms with Crippen molar-refractivity contribution in [2.24, 2.45) is 16.6 Å². The van der Waals surface area contributed by atoms with Crippen molar-refractivity contribution in [3.05, 3.63) is 83.2 Å². The molecule has 1 aliphatic carbocycles. The van der Waals surface area contributed by atoms with E-state index < -0.39 is 48.5 Å². The number of pyridine rings is 1. The normalized spacial score (nSPS) is 14.9. The number of carbonyl (C=O) groups excluding carboxylic acids is 5. The molecule has 1 aliphatic heterocycles. The Balaban J connectivity index is 1.44. The second-order valence-corrected chi connectivity index (χ2v) is 13.0. The van der Waals surface area contributed by atoms with E-state index in [4.69, 9.17) is 38.9 Å². The fraction of sp³-hybridized carbons (Fsp3) is 0.359. The fourth-order valence-corrected chi connectivity index (χ4v) is 5.33. The number of nitrogens with two attached hydrogens (primary N) is 1. The minimum absolute atomic E-state index is 0.0656. The van der Waals surface area contributed by atoms with Gasteiger partial charge in [0.1, 0.15) is 24.1 Å². The third-order valence-corrected chi connectivity index (χ3v) is 8.25. The van der Waals surface area contributed by atoms with E-state index in [-0.39, 0.29) is 53.9 Å². The Morgan fingerprint density at radius 1 is 0.964 bits per heavy atom. The van der Waals surface area contributed by atoms with Gasteiger partial charge in [-0.05, 0) is 81.1 Å². The van der Waals surface area contributed by atoms with Gasteiger partial charge in [0, 0.05) is 47.0 Å². The molecule has 1 unspecified atom stereocenters. The summed E-state index contributed by atoms with van der Waals surface area (Å²) in [6, 6.07) is 12.1. The predicted molar refractivity (Wildman–Crippen MR) is 201 cm³/mol. The number of aromatic nitrogens is 1. The molecule has 2 aromatic carbocycles. The van der Waals surface area contributed by atoms with E-state index in [1.165, 1.54) is 44.4 Å². The maximum atomic E-state index is 14.0. The van der Waals surface area contributed by atoms with Crippen LogP contribution in [0.15, 0.2) is 60.1 Å². The molecule has 2 fully saturated rings. The number of esters is 1. The van der Waals surface area contributed by atoms with E-state index >= 15 is 0 Å². The molecule has 1 saturated carbocycles. The van der Waals surface area contributed by atoms with Crippen LogP contribution in [0, 0.1) is 5.92 Å². The van der Waals surface area contributed by atoms with Gasteiger partial charge in [0.25, 0.3) is 11.8 Å². The Bertz CT molecular complexity index is 1990. The van der Waals surface area contributed by atoms with Crippen LogP contribution < -0.4 is 21.1 Å². The number of benzene rings is 2. The molecule has 5 rings (SSSR count). The van der Waals surface area contributed by atoms with Crippen molar-refractivity contribution in [3.63, 3.8) is 0 Å². The molecular formula is C39H43N5O12. The molecule has 1 atom stereocenters. The van der Waals surface area contributed by atoms with Gasteiger partial charge in [0.2, 0.25) is 6.29 Å². The molecule has 2 heterocycles. The first-order valence-electron chi connectivity index (χ1n) is 17.7. The summed E-state index contributed by atoms with van der Waals surface area (Å²) >= 11 is 0. The Labute approximate surface area is 322 Å². The van der Waals surface area contributed by atoms with Gasteiger partial charge in [0.05, 0.1) is 26.4 Å². The minimum atomic E-state index is -1.41. The van der Waals surface area contributed by atoms with Crippen LogP contribution >= 0.6 is 0 Å². The molecule has 56 heavy (non-hydrogen) atoms. The lowest BCUT2D eigenvalue weighted by Crippen LogP contribution is -2.33. The third kappa shape index (κ3) is 11.1. The highest BCUT2D eigenvalue weighted by atomic mass is 16.8. The molecule has 1 saturated heterocycles. The second kappa shape index (κ2) is 18.8. The predicted octanol–water partition coefficient (Wildman–Crippen LogP) is 5.07. The van der Waals surface area contributed by atoms with E-state index in [1.54, 1.807) is 38.1 Å². The van der Waals surface area contributed by atoms with E-state index in [0.29, 0.717) is 35.0 Å². The average Bonchev–Trinajstić information content (AvgIpc) is 4.01. The van der Waals surface area contributed by atoms with Gasteiger partial charge in [-0.25, -0.2) is 19.4 Å². The molecule has 17 nitrogen and oxygen atoms in total. The van der Waals surface area contributed by atoms with Gasteiger partial charge in [-0.3, -0.25) is 9.59 Å². The number of anilines is 1. The van der Waals surface area contributed by atoms with E-state index in [0.717, 1.165) is 12.8 Å². The van der Waals surface area contributed by atoms with Gasteiger partial charge in [-0.15, -0.1) is 0 Å². The zero-order chi connectivity index (χ0) is 40.4. The van der Waals surface area contributed by atoms with Crippen LogP contribution in [0.1, 0.15) is 76.1 Å². The van der Waals surface area contributed by atoms with Gasteiger partial charge >= 0.3 is 18.2 Å². The van der Waals surface area contributed by atoms with Crippen LogP contribution in [0.3, 0.4) is 0 Å². The number of amidine groups is 1. The average molecular weight is 774 g/mol. The van der Waals surface area contributed by atoms with Crippen molar-refractivity contribution in [2.45, 2.75) is 52.1 Å². The van der Waals surface area contributed by atoms with Crippen LogP contribution in [-0.4, -0.2) is 93.0 Å². The van der Waals surface area contributed by atoms with Crippen LogP contribution in [0.2, 0.25) is 0 Å². The number of nitrogens with one attached hydrogen (secondary N) is 2. The highest BCUT2D eigenvalue weighted by molar-refractivity contribution is 6.11. The van der Waals surface area contributed by atoms with Crippen molar-refractivity contribution in [1.29, 1.82) is 0 Å². The lowest BCUT2D eigenvalue weighted by Gasteiger charge is -2.21. The van der Waals surface area contributed by atoms with Crippen LogP contribution in [0.25, 0.3) is 17.2 Å². The number of ether oxygens (including phenoxy) is 7. The van der Waals surface area contributed by atoms with Crippen molar-refractivity contribution in [3.8, 4) is 16.9 Å². The number of hydrogen-bond acceptors (Lipinski definition) is 13. The molecule has 1 aromatic heterocycles. The van der Waals surface area contributed by atoms with Crippen LogP contribution in [-0.2, 0) is 28.4 Å². The van der Waals surface area contributed by atoms with Crippen LogP contribution in [0.5, 0.6) is 5.75 Å². The first-order valence-corrected chi connectivity index (χ1v) is 17.7. The Kier molecular flexibility index (Phi) is 13.7. The summed E-state index contributed by atoms with van der Waals surface area (Å²) in [5, 5.41) is 5.63. The number of hydrogen-bond donors (Lipinski definition) is 3. The molecular weight excluding hydrogens is 730 g/mol. The van der Waals surface area contributed by atoms with Gasteiger partial charge in [-0.1, -0.05) is 12.7 Å². The number of methoxy groups -OCH3 is 1. The Morgan fingerprint density at radius 2 is 1.68 bits per heavy atom. The van der Waals surface area contributed by atoms with Crippen LogP contribution in [0.4, 0.5) is 15.3 Å². The quantitative estimate of drug-likeness (QED) is 0.0640. The molecule has 17 heteroatoms. The monoisotopic (exact) mass is 773 g/mol. The summed E-state index contributed by atoms with van der Waals surface area (Å²) in [4.78, 5) is 73.4. The first-order chi connectivity index (χ1) is 26.8. The number of nitrogens with zero attached hydrogens (tertiary/aromatic N) is 2. The van der Waals surface area contributed by atoms with Crippen molar-refractivity contribution >= 4 is 47.6 Å². The summed E-state index contributed by atoms with van der Waals surface area (Å²) in [5.74, 6) is -1.61. The number of aliphatic imine (C=N–C) groups is 1. The number of rotatable bonds is 14. The standard InChI is InChI=1S/C39H43N5O12/c1-6-24-15-30(35(45)42-26-11-9-25(10-12-26)34(40)44-38(48)56-27-18-51-20-52-19-27)29(16-32(24)50-5)28-13-14-31(36(46)41-17-23-7-8-23)43-33(28)37(47)54-22(4)55-39(49)53-21(2)3/h6,9-16,21-23,27H,1,7-8,17-20H2,2-5H3,(H,41,46)(H,42,45)(H2,40,44,48). The molecule has 3 aromatic rings.